The van der Waals surface area contributed by atoms with Crippen LogP contribution in [0.5, 0.6) is 0 Å². The molecule has 2 aromatic carbocycles. The molecule has 0 amide bonds. The largest absolute Gasteiger partial charge is 0.396 e. The minimum atomic E-state index is -0.596. The predicted molar refractivity (Wildman–Crippen MR) is 65.6 cm³/mol. The number of hydrogen-bond donors (Lipinski definition) is 1. The van der Waals surface area contributed by atoms with Crippen molar-refractivity contribution in [3.05, 3.63) is 53.6 Å². The van der Waals surface area contributed by atoms with Gasteiger partial charge in [0.05, 0.1) is 5.69 Å². The summed E-state index contributed by atoms with van der Waals surface area (Å²) in [6.07, 6.45) is 0.916. The van der Waals surface area contributed by atoms with Gasteiger partial charge >= 0.3 is 0 Å². The van der Waals surface area contributed by atoms with Crippen LogP contribution >= 0.6 is 0 Å². The minimum Gasteiger partial charge on any atom is -0.396 e. The van der Waals surface area contributed by atoms with Gasteiger partial charge in [-0.1, -0.05) is 31.2 Å². The number of anilines is 1. The maximum atomic E-state index is 13.7. The Morgan fingerprint density at radius 3 is 2.24 bits per heavy atom. The lowest BCUT2D eigenvalue weighted by molar-refractivity contribution is 0.607. The van der Waals surface area contributed by atoms with Gasteiger partial charge in [0.25, 0.3) is 0 Å². The first-order chi connectivity index (χ1) is 8.11. The number of rotatable bonds is 2. The molecule has 0 heterocycles. The average molecular weight is 233 g/mol. The van der Waals surface area contributed by atoms with Crippen molar-refractivity contribution in [1.29, 1.82) is 0 Å². The monoisotopic (exact) mass is 233 g/mol. The third-order valence-electron chi connectivity index (χ3n) is 2.76. The van der Waals surface area contributed by atoms with Gasteiger partial charge in [0.1, 0.15) is 11.6 Å². The molecule has 0 aromatic heterocycles. The molecule has 2 rings (SSSR count). The van der Waals surface area contributed by atoms with Crippen LogP contribution in [0.1, 0.15) is 12.5 Å². The van der Waals surface area contributed by atoms with Crippen LogP contribution in [0.25, 0.3) is 11.1 Å². The Balaban J connectivity index is 2.48. The maximum Gasteiger partial charge on any atom is 0.146 e. The van der Waals surface area contributed by atoms with Gasteiger partial charge in [0.2, 0.25) is 0 Å². The van der Waals surface area contributed by atoms with E-state index in [9.17, 15) is 8.78 Å². The van der Waals surface area contributed by atoms with Gasteiger partial charge < -0.3 is 5.73 Å². The van der Waals surface area contributed by atoms with Gasteiger partial charge in [0.15, 0.2) is 0 Å². The van der Waals surface area contributed by atoms with Crippen LogP contribution in [0.15, 0.2) is 36.4 Å². The van der Waals surface area contributed by atoms with Gasteiger partial charge in [-0.2, -0.15) is 0 Å². The molecule has 0 aliphatic heterocycles. The minimum absolute atomic E-state index is 0.170. The van der Waals surface area contributed by atoms with Gasteiger partial charge in [-0.3, -0.25) is 0 Å². The first kappa shape index (κ1) is 11.6. The molecule has 0 unspecified atom stereocenters. The Morgan fingerprint density at radius 2 is 1.65 bits per heavy atom. The lowest BCUT2D eigenvalue weighted by atomic mass is 10.0. The first-order valence-corrected chi connectivity index (χ1v) is 5.45. The zero-order valence-corrected chi connectivity index (χ0v) is 9.50. The Bertz CT molecular complexity index is 533. The van der Waals surface area contributed by atoms with E-state index in [-0.39, 0.29) is 11.3 Å². The van der Waals surface area contributed by atoms with Crippen molar-refractivity contribution in [1.82, 2.24) is 0 Å². The van der Waals surface area contributed by atoms with Crippen molar-refractivity contribution in [3.63, 3.8) is 0 Å². The van der Waals surface area contributed by atoms with E-state index in [0.717, 1.165) is 24.1 Å². The second-order valence-corrected chi connectivity index (χ2v) is 3.90. The van der Waals surface area contributed by atoms with E-state index < -0.39 is 11.6 Å². The molecule has 17 heavy (non-hydrogen) atoms. The second-order valence-electron chi connectivity index (χ2n) is 3.90. The molecule has 3 heteroatoms. The number of hydrogen-bond acceptors (Lipinski definition) is 1. The molecular formula is C14H13F2N. The van der Waals surface area contributed by atoms with Crippen molar-refractivity contribution >= 4 is 5.69 Å². The normalized spacial score (nSPS) is 10.5. The summed E-state index contributed by atoms with van der Waals surface area (Å²) < 4.78 is 27.0. The fourth-order valence-corrected chi connectivity index (χ4v) is 1.70. The molecule has 0 saturated carbocycles. The summed E-state index contributed by atoms with van der Waals surface area (Å²) in [5.74, 6) is -1.10. The molecule has 1 nitrogen and oxygen atoms in total. The van der Waals surface area contributed by atoms with Crippen molar-refractivity contribution in [2.45, 2.75) is 13.3 Å². The van der Waals surface area contributed by atoms with E-state index in [1.165, 1.54) is 0 Å². The van der Waals surface area contributed by atoms with E-state index in [1.54, 1.807) is 12.1 Å². The van der Waals surface area contributed by atoms with Crippen molar-refractivity contribution in [2.75, 3.05) is 5.73 Å². The van der Waals surface area contributed by atoms with Gasteiger partial charge in [0, 0.05) is 11.6 Å². The van der Waals surface area contributed by atoms with E-state index >= 15 is 0 Å². The SMILES string of the molecule is CCc1ccc(-c2cc(F)c(N)cc2F)cc1. The highest BCUT2D eigenvalue weighted by molar-refractivity contribution is 5.67. The van der Waals surface area contributed by atoms with E-state index in [1.807, 2.05) is 19.1 Å². The summed E-state index contributed by atoms with van der Waals surface area (Å²) in [5, 5.41) is 0. The number of nitrogen functional groups attached to an aromatic ring is 1. The number of aryl methyl sites for hydroxylation is 1. The van der Waals surface area contributed by atoms with Crippen LogP contribution in [0, 0.1) is 11.6 Å². The Hall–Kier alpha value is -1.90. The fraction of sp³-hybridized carbons (Fsp3) is 0.143. The topological polar surface area (TPSA) is 26.0 Å². The summed E-state index contributed by atoms with van der Waals surface area (Å²) >= 11 is 0. The molecule has 0 fully saturated rings. The molecule has 0 spiro atoms. The number of benzene rings is 2. The summed E-state index contributed by atoms with van der Waals surface area (Å²) in [7, 11) is 0. The molecule has 0 aliphatic rings. The molecule has 0 radical (unpaired) electrons. The number of halogens is 2. The summed E-state index contributed by atoms with van der Waals surface area (Å²) in [5.41, 5.74) is 7.17. The summed E-state index contributed by atoms with van der Waals surface area (Å²) in [6.45, 7) is 2.04. The highest BCUT2D eigenvalue weighted by Gasteiger charge is 2.09. The Morgan fingerprint density at radius 1 is 1.00 bits per heavy atom. The first-order valence-electron chi connectivity index (χ1n) is 5.45. The van der Waals surface area contributed by atoms with Crippen LogP contribution in [-0.4, -0.2) is 0 Å². The van der Waals surface area contributed by atoms with E-state index in [4.69, 9.17) is 5.73 Å². The van der Waals surface area contributed by atoms with Gasteiger partial charge in [-0.05, 0) is 23.6 Å². The van der Waals surface area contributed by atoms with Crippen LogP contribution in [0.2, 0.25) is 0 Å². The smallest absolute Gasteiger partial charge is 0.146 e. The molecule has 0 saturated heterocycles. The van der Waals surface area contributed by atoms with Crippen LogP contribution in [-0.2, 0) is 6.42 Å². The predicted octanol–water partition coefficient (Wildman–Crippen LogP) is 3.78. The average Bonchev–Trinajstić information content (AvgIpc) is 2.34. The molecule has 2 aromatic rings. The fourth-order valence-electron chi connectivity index (χ4n) is 1.70. The maximum absolute atomic E-state index is 13.7. The molecule has 88 valence electrons. The van der Waals surface area contributed by atoms with Crippen LogP contribution < -0.4 is 5.73 Å². The van der Waals surface area contributed by atoms with Gasteiger partial charge in [-0.25, -0.2) is 8.78 Å². The molecule has 0 aliphatic carbocycles. The van der Waals surface area contributed by atoms with Crippen LogP contribution in [0.3, 0.4) is 0 Å². The second kappa shape index (κ2) is 4.53. The zero-order chi connectivity index (χ0) is 12.4. The number of nitrogens with two attached hydrogens (primary N) is 1. The molecular weight excluding hydrogens is 220 g/mol. The Labute approximate surface area is 98.9 Å². The van der Waals surface area contributed by atoms with E-state index in [0.29, 0.717) is 5.56 Å². The third-order valence-corrected chi connectivity index (χ3v) is 2.76. The zero-order valence-electron chi connectivity index (χ0n) is 9.50. The van der Waals surface area contributed by atoms with Crippen molar-refractivity contribution < 1.29 is 8.78 Å². The Kier molecular flexibility index (Phi) is 3.09. The van der Waals surface area contributed by atoms with Crippen molar-refractivity contribution in [2.24, 2.45) is 0 Å². The lowest BCUT2D eigenvalue weighted by Crippen LogP contribution is -1.94. The highest BCUT2D eigenvalue weighted by atomic mass is 19.1. The summed E-state index contributed by atoms with van der Waals surface area (Å²) in [4.78, 5) is 0. The quantitative estimate of drug-likeness (QED) is 0.785. The van der Waals surface area contributed by atoms with Crippen molar-refractivity contribution in [3.8, 4) is 11.1 Å². The van der Waals surface area contributed by atoms with Gasteiger partial charge in [-0.15, -0.1) is 0 Å². The molecule has 0 bridgehead atoms. The standard InChI is InChI=1S/C14H13F2N/c1-2-9-3-5-10(6-4-9)11-7-13(16)14(17)8-12(11)15/h3-8H,2,17H2,1H3. The third kappa shape index (κ3) is 2.28. The highest BCUT2D eigenvalue weighted by Crippen LogP contribution is 2.26. The van der Waals surface area contributed by atoms with E-state index in [2.05, 4.69) is 0 Å². The molecule has 2 N–H and O–H groups in total. The summed E-state index contributed by atoms with van der Waals surface area (Å²) in [6, 6.07) is 9.52. The van der Waals surface area contributed by atoms with Crippen LogP contribution in [0.4, 0.5) is 14.5 Å². The lowest BCUT2D eigenvalue weighted by Gasteiger charge is -2.06. The molecule has 0 atom stereocenters.